The molecule has 7 nitrogen and oxygen atoms in total. The molecule has 0 atom stereocenters. The van der Waals surface area contributed by atoms with Gasteiger partial charge in [-0.3, -0.25) is 0 Å². The zero-order valence-electron chi connectivity index (χ0n) is 13.1. The minimum absolute atomic E-state index is 0.0830. The molecule has 0 spiro atoms. The van der Waals surface area contributed by atoms with Crippen molar-refractivity contribution in [3.8, 4) is 11.8 Å². The van der Waals surface area contributed by atoms with Crippen molar-refractivity contribution in [1.29, 1.82) is 0 Å². The van der Waals surface area contributed by atoms with Crippen molar-refractivity contribution in [1.82, 2.24) is 19.3 Å². The Kier molecular flexibility index (Phi) is 3.02. The quantitative estimate of drug-likeness (QED) is 0.626. The first-order valence-corrected chi connectivity index (χ1v) is 7.39. The van der Waals surface area contributed by atoms with Gasteiger partial charge in [0, 0.05) is 11.4 Å². The van der Waals surface area contributed by atoms with Crippen molar-refractivity contribution in [2.24, 2.45) is 0 Å². The predicted molar refractivity (Wildman–Crippen MR) is 86.9 cm³/mol. The summed E-state index contributed by atoms with van der Waals surface area (Å²) in [6, 6.07) is 11.4. The van der Waals surface area contributed by atoms with Crippen LogP contribution in [0.25, 0.3) is 22.9 Å². The number of aryl methyl sites for hydroxylation is 2. The van der Waals surface area contributed by atoms with Gasteiger partial charge in [0.1, 0.15) is 11.1 Å². The third kappa shape index (κ3) is 2.02. The first-order chi connectivity index (χ1) is 11.6. The number of fused-ring (bicyclic) bond motifs is 1. The van der Waals surface area contributed by atoms with Gasteiger partial charge in [-0.1, -0.05) is 12.1 Å². The number of oxazole rings is 1. The molecule has 0 unspecified atom stereocenters. The number of benzene rings is 1. The van der Waals surface area contributed by atoms with Crippen molar-refractivity contribution < 1.29 is 14.3 Å². The molecule has 0 saturated heterocycles. The molecule has 0 saturated carbocycles. The van der Waals surface area contributed by atoms with Gasteiger partial charge in [0.15, 0.2) is 11.4 Å². The third-order valence-corrected chi connectivity index (χ3v) is 3.92. The first-order valence-electron chi connectivity index (χ1n) is 7.39. The van der Waals surface area contributed by atoms with Crippen molar-refractivity contribution >= 4 is 17.1 Å². The maximum atomic E-state index is 11.6. The molecule has 1 N–H and O–H groups in total. The Morgan fingerprint density at radius 3 is 2.50 bits per heavy atom. The van der Waals surface area contributed by atoms with E-state index in [9.17, 15) is 9.90 Å². The maximum Gasteiger partial charge on any atom is 0.341 e. The van der Waals surface area contributed by atoms with Crippen molar-refractivity contribution in [3.05, 3.63) is 59.5 Å². The standard InChI is InChI=1S/C17H14N4O3/c1-10-7-8-11(2)20(10)15-12(16(22)23)9-18-21(15)17-19-13-5-3-4-6-14(13)24-17/h3-9H,1-2H3,(H,22,23). The van der Waals surface area contributed by atoms with Crippen LogP contribution in [0.2, 0.25) is 0 Å². The lowest BCUT2D eigenvalue weighted by molar-refractivity contribution is 0.0697. The molecule has 0 aliphatic rings. The number of nitrogens with zero attached hydrogens (tertiary/aromatic N) is 4. The largest absolute Gasteiger partial charge is 0.477 e. The number of carboxylic acids is 1. The average Bonchev–Trinajstić information content (AvgIpc) is 3.23. The molecule has 0 radical (unpaired) electrons. The van der Waals surface area contributed by atoms with Crippen LogP contribution < -0.4 is 0 Å². The van der Waals surface area contributed by atoms with E-state index in [-0.39, 0.29) is 11.6 Å². The second-order valence-corrected chi connectivity index (χ2v) is 5.51. The highest BCUT2D eigenvalue weighted by Gasteiger charge is 2.24. The topological polar surface area (TPSA) is 86.1 Å². The number of carbonyl (C=O) groups is 1. The van der Waals surface area contributed by atoms with Crippen LogP contribution in [0.4, 0.5) is 0 Å². The molecule has 4 rings (SSSR count). The molecule has 120 valence electrons. The number of carboxylic acid groups (broad SMARTS) is 1. The van der Waals surface area contributed by atoms with Gasteiger partial charge in [0.2, 0.25) is 0 Å². The third-order valence-electron chi connectivity index (χ3n) is 3.92. The fraction of sp³-hybridized carbons (Fsp3) is 0.118. The number of rotatable bonds is 3. The fourth-order valence-corrected chi connectivity index (χ4v) is 2.80. The normalized spacial score (nSPS) is 11.2. The molecule has 3 aromatic heterocycles. The van der Waals surface area contributed by atoms with Crippen LogP contribution >= 0.6 is 0 Å². The summed E-state index contributed by atoms with van der Waals surface area (Å²) in [6.45, 7) is 3.81. The maximum absolute atomic E-state index is 11.6. The zero-order valence-corrected chi connectivity index (χ0v) is 13.1. The smallest absolute Gasteiger partial charge is 0.341 e. The van der Waals surface area contributed by atoms with Crippen LogP contribution in [0, 0.1) is 13.8 Å². The average molecular weight is 322 g/mol. The highest BCUT2D eigenvalue weighted by atomic mass is 16.4. The van der Waals surface area contributed by atoms with Crippen LogP contribution in [0.5, 0.6) is 0 Å². The molecule has 0 aliphatic carbocycles. The SMILES string of the molecule is Cc1ccc(C)n1-c1c(C(=O)O)cnn1-c1nc2ccccc2o1. The van der Waals surface area contributed by atoms with Gasteiger partial charge in [0.05, 0.1) is 6.20 Å². The minimum atomic E-state index is -1.06. The second kappa shape index (κ2) is 5.09. The Hall–Kier alpha value is -3.35. The van der Waals surface area contributed by atoms with E-state index in [4.69, 9.17) is 4.42 Å². The molecule has 4 aromatic rings. The summed E-state index contributed by atoms with van der Waals surface area (Å²) in [6.07, 6.45) is 1.31. The van der Waals surface area contributed by atoms with Crippen molar-refractivity contribution in [2.75, 3.05) is 0 Å². The number of hydrogen-bond acceptors (Lipinski definition) is 4. The summed E-state index contributed by atoms with van der Waals surface area (Å²) >= 11 is 0. The number of hydrogen-bond donors (Lipinski definition) is 1. The molecule has 7 heteroatoms. The highest BCUT2D eigenvalue weighted by molar-refractivity contribution is 5.91. The second-order valence-electron chi connectivity index (χ2n) is 5.51. The van der Waals surface area contributed by atoms with E-state index in [1.807, 2.05) is 48.7 Å². The number of aromatic carboxylic acids is 1. The Bertz CT molecular complexity index is 1020. The Morgan fingerprint density at radius 1 is 1.12 bits per heavy atom. The molecule has 0 bridgehead atoms. The molecule has 0 fully saturated rings. The predicted octanol–water partition coefficient (Wildman–Crippen LogP) is 3.12. The van der Waals surface area contributed by atoms with Crippen molar-refractivity contribution in [2.45, 2.75) is 13.8 Å². The lowest BCUT2D eigenvalue weighted by Crippen LogP contribution is -2.12. The lowest BCUT2D eigenvalue weighted by atomic mass is 10.3. The van der Waals surface area contributed by atoms with Gasteiger partial charge in [-0.05, 0) is 38.1 Å². The Morgan fingerprint density at radius 2 is 1.83 bits per heavy atom. The van der Waals surface area contributed by atoms with Gasteiger partial charge in [0.25, 0.3) is 0 Å². The number of aromatic nitrogens is 4. The summed E-state index contributed by atoms with van der Waals surface area (Å²) in [5.74, 6) is -0.658. The number of para-hydroxylation sites is 2. The molecule has 1 aromatic carbocycles. The fourth-order valence-electron chi connectivity index (χ4n) is 2.80. The monoisotopic (exact) mass is 322 g/mol. The van der Waals surface area contributed by atoms with Crippen molar-refractivity contribution in [3.63, 3.8) is 0 Å². The first kappa shape index (κ1) is 14.3. The van der Waals surface area contributed by atoms with Crippen LogP contribution in [0.15, 0.2) is 47.0 Å². The van der Waals surface area contributed by atoms with Crippen LogP contribution in [0.1, 0.15) is 21.7 Å². The van der Waals surface area contributed by atoms with Gasteiger partial charge < -0.3 is 14.1 Å². The van der Waals surface area contributed by atoms with E-state index in [2.05, 4.69) is 10.1 Å². The summed E-state index contributed by atoms with van der Waals surface area (Å²) in [7, 11) is 0. The van der Waals surface area contributed by atoms with E-state index in [0.29, 0.717) is 16.9 Å². The summed E-state index contributed by atoms with van der Waals surface area (Å²) in [5, 5.41) is 13.7. The molecule has 3 heterocycles. The van der Waals surface area contributed by atoms with E-state index < -0.39 is 5.97 Å². The van der Waals surface area contributed by atoms with Crippen LogP contribution in [0.3, 0.4) is 0 Å². The minimum Gasteiger partial charge on any atom is -0.477 e. The zero-order chi connectivity index (χ0) is 16.8. The van der Waals surface area contributed by atoms with Gasteiger partial charge in [-0.25, -0.2) is 4.79 Å². The highest BCUT2D eigenvalue weighted by Crippen LogP contribution is 2.25. The van der Waals surface area contributed by atoms with Gasteiger partial charge in [-0.2, -0.15) is 14.8 Å². The van der Waals surface area contributed by atoms with Gasteiger partial charge >= 0.3 is 12.0 Å². The van der Waals surface area contributed by atoms with Crippen LogP contribution in [-0.4, -0.2) is 30.4 Å². The molecule has 24 heavy (non-hydrogen) atoms. The van der Waals surface area contributed by atoms with E-state index in [1.165, 1.54) is 10.9 Å². The Balaban J connectivity index is 2.01. The Labute approximate surface area is 136 Å². The summed E-state index contributed by atoms with van der Waals surface area (Å²) < 4.78 is 8.99. The summed E-state index contributed by atoms with van der Waals surface area (Å²) in [5.41, 5.74) is 3.18. The molecular formula is C17H14N4O3. The van der Waals surface area contributed by atoms with Crippen LogP contribution in [-0.2, 0) is 0 Å². The molecule has 0 aliphatic heterocycles. The molecule has 0 amide bonds. The lowest BCUT2D eigenvalue weighted by Gasteiger charge is -2.11. The van der Waals surface area contributed by atoms with E-state index in [0.717, 1.165) is 11.4 Å². The van der Waals surface area contributed by atoms with E-state index in [1.54, 1.807) is 6.07 Å². The molecular weight excluding hydrogens is 308 g/mol. The van der Waals surface area contributed by atoms with E-state index >= 15 is 0 Å². The summed E-state index contributed by atoms with van der Waals surface area (Å²) in [4.78, 5) is 16.1. The van der Waals surface area contributed by atoms with Gasteiger partial charge in [-0.15, -0.1) is 0 Å².